The van der Waals surface area contributed by atoms with Gasteiger partial charge in [0.15, 0.2) is 0 Å². The third-order valence-corrected chi connectivity index (χ3v) is 4.43. The summed E-state index contributed by atoms with van der Waals surface area (Å²) >= 11 is 0. The second-order valence-corrected chi connectivity index (χ2v) is 6.61. The lowest BCUT2D eigenvalue weighted by Crippen LogP contribution is -2.05. The molecule has 0 bridgehead atoms. The number of hydrogen-bond donors (Lipinski definition) is 0. The van der Waals surface area contributed by atoms with Gasteiger partial charge in [-0.2, -0.15) is 0 Å². The second kappa shape index (κ2) is 8.21. The zero-order chi connectivity index (χ0) is 20.3. The highest BCUT2D eigenvalue weighted by Gasteiger charge is 2.09. The van der Waals surface area contributed by atoms with Gasteiger partial charge in [-0.25, -0.2) is 23.7 Å². The third-order valence-electron chi connectivity index (χ3n) is 4.43. The van der Waals surface area contributed by atoms with Crippen LogP contribution in [-0.4, -0.2) is 16.4 Å². The van der Waals surface area contributed by atoms with Crippen LogP contribution in [0.25, 0.3) is 0 Å². The number of hydrogen-bond acceptors (Lipinski definition) is 3. The maximum Gasteiger partial charge on any atom is 0.149 e. The third kappa shape index (κ3) is 4.19. The molecule has 0 saturated carbocycles. The molecule has 0 atom stereocenters. The maximum atomic E-state index is 14.1. The summed E-state index contributed by atoms with van der Waals surface area (Å²) in [6.45, 7) is 7.19. The van der Waals surface area contributed by atoms with Gasteiger partial charge in [-0.1, -0.05) is 30.3 Å². The molecule has 0 radical (unpaired) electrons. The van der Waals surface area contributed by atoms with Crippen molar-refractivity contribution in [2.45, 2.75) is 27.7 Å². The smallest absolute Gasteiger partial charge is 0.149 e. The molecule has 2 aromatic carbocycles. The minimum atomic E-state index is -0.372. The Hall–Kier alpha value is -3.21. The van der Waals surface area contributed by atoms with Crippen molar-refractivity contribution >= 4 is 22.8 Å². The van der Waals surface area contributed by atoms with Gasteiger partial charge in [-0.15, -0.1) is 0 Å². The number of benzene rings is 2. The summed E-state index contributed by atoms with van der Waals surface area (Å²) < 4.78 is 28.1. The molecule has 0 N–H and O–H groups in total. The maximum absolute atomic E-state index is 14.1. The van der Waals surface area contributed by atoms with E-state index in [2.05, 4.69) is 15.0 Å². The van der Waals surface area contributed by atoms with Crippen molar-refractivity contribution in [1.82, 2.24) is 4.98 Å². The van der Waals surface area contributed by atoms with Crippen LogP contribution in [0.3, 0.4) is 0 Å². The van der Waals surface area contributed by atoms with Crippen LogP contribution < -0.4 is 0 Å². The minimum Gasteiger partial charge on any atom is -0.248 e. The minimum absolute atomic E-state index is 0.305. The molecule has 142 valence electrons. The van der Waals surface area contributed by atoms with E-state index >= 15 is 0 Å². The fourth-order valence-corrected chi connectivity index (χ4v) is 2.82. The largest absolute Gasteiger partial charge is 0.248 e. The first-order valence-corrected chi connectivity index (χ1v) is 8.95. The normalized spacial score (nSPS) is 12.4. The first-order valence-electron chi connectivity index (χ1n) is 8.95. The van der Waals surface area contributed by atoms with Gasteiger partial charge >= 0.3 is 0 Å². The number of halogens is 2. The quantitative estimate of drug-likeness (QED) is 0.495. The van der Waals surface area contributed by atoms with Gasteiger partial charge in [0.05, 0.1) is 22.8 Å². The van der Waals surface area contributed by atoms with Crippen LogP contribution in [0.15, 0.2) is 64.6 Å². The second-order valence-electron chi connectivity index (χ2n) is 6.61. The van der Waals surface area contributed by atoms with Crippen molar-refractivity contribution in [2.24, 2.45) is 9.98 Å². The molecule has 1 aromatic heterocycles. The molecule has 0 aliphatic rings. The molecule has 3 rings (SSSR count). The van der Waals surface area contributed by atoms with Crippen molar-refractivity contribution in [1.29, 1.82) is 0 Å². The standard InChI is InChI=1S/C23H21F2N3/c1-14-8-5-10-18(24)22(14)26-16(3)20-12-7-13-21(28-20)17(4)27-23-15(2)9-6-11-19(23)25/h5-13H,1-4H3. The number of aryl methyl sites for hydroxylation is 2. The molecule has 0 saturated heterocycles. The van der Waals surface area contributed by atoms with E-state index in [-0.39, 0.29) is 11.6 Å². The summed E-state index contributed by atoms with van der Waals surface area (Å²) in [5, 5.41) is 0. The van der Waals surface area contributed by atoms with Gasteiger partial charge in [-0.05, 0) is 63.1 Å². The van der Waals surface area contributed by atoms with E-state index in [1.165, 1.54) is 12.1 Å². The number of rotatable bonds is 4. The van der Waals surface area contributed by atoms with Gasteiger partial charge in [0.2, 0.25) is 0 Å². The predicted molar refractivity (Wildman–Crippen MR) is 110 cm³/mol. The van der Waals surface area contributed by atoms with Crippen molar-refractivity contribution in [3.8, 4) is 0 Å². The van der Waals surface area contributed by atoms with Crippen LogP contribution in [-0.2, 0) is 0 Å². The molecular formula is C23H21F2N3. The average Bonchev–Trinajstić information content (AvgIpc) is 2.67. The summed E-state index contributed by atoms with van der Waals surface area (Å²) in [4.78, 5) is 13.4. The predicted octanol–water partition coefficient (Wildman–Crippen LogP) is 6.26. The van der Waals surface area contributed by atoms with E-state index in [0.717, 1.165) is 11.1 Å². The zero-order valence-corrected chi connectivity index (χ0v) is 16.3. The van der Waals surface area contributed by atoms with Gasteiger partial charge < -0.3 is 0 Å². The number of para-hydroxylation sites is 2. The fourth-order valence-electron chi connectivity index (χ4n) is 2.82. The van der Waals surface area contributed by atoms with Gasteiger partial charge in [0.25, 0.3) is 0 Å². The molecule has 5 heteroatoms. The van der Waals surface area contributed by atoms with E-state index in [1.54, 1.807) is 38.1 Å². The molecule has 1 heterocycles. The summed E-state index contributed by atoms with van der Waals surface area (Å²) in [5.41, 5.74) is 4.51. The lowest BCUT2D eigenvalue weighted by Gasteiger charge is -2.07. The summed E-state index contributed by atoms with van der Waals surface area (Å²) in [6.07, 6.45) is 0. The highest BCUT2D eigenvalue weighted by atomic mass is 19.1. The van der Waals surface area contributed by atoms with Crippen LogP contribution in [0.4, 0.5) is 20.2 Å². The molecule has 3 nitrogen and oxygen atoms in total. The van der Waals surface area contributed by atoms with Gasteiger partial charge in [0.1, 0.15) is 23.0 Å². The number of pyridine rings is 1. The Morgan fingerprint density at radius 1 is 0.679 bits per heavy atom. The number of aliphatic imine (C=N–C) groups is 2. The summed E-state index contributed by atoms with van der Waals surface area (Å²) in [7, 11) is 0. The molecule has 0 amide bonds. The van der Waals surface area contributed by atoms with Crippen LogP contribution in [0.2, 0.25) is 0 Å². The van der Waals surface area contributed by atoms with E-state index < -0.39 is 0 Å². The Bertz CT molecular complexity index is 962. The SMILES string of the molecule is CC(=Nc1c(C)cccc1F)c1cccc(C(C)=Nc2c(C)cccc2F)n1. The topological polar surface area (TPSA) is 37.6 Å². The van der Waals surface area contributed by atoms with E-state index in [1.807, 2.05) is 32.0 Å². The average molecular weight is 377 g/mol. The van der Waals surface area contributed by atoms with Crippen molar-refractivity contribution in [3.05, 3.63) is 88.7 Å². The van der Waals surface area contributed by atoms with Crippen LogP contribution in [0, 0.1) is 25.5 Å². The lowest BCUT2D eigenvalue weighted by atomic mass is 10.1. The molecule has 28 heavy (non-hydrogen) atoms. The Morgan fingerprint density at radius 3 is 1.46 bits per heavy atom. The fraction of sp³-hybridized carbons (Fsp3) is 0.174. The molecule has 3 aromatic rings. The van der Waals surface area contributed by atoms with Crippen LogP contribution in [0.1, 0.15) is 36.4 Å². The Morgan fingerprint density at radius 2 is 1.07 bits per heavy atom. The molecule has 0 fully saturated rings. The summed E-state index contributed by atoms with van der Waals surface area (Å²) in [6, 6.07) is 15.1. The Labute approximate surface area is 163 Å². The summed E-state index contributed by atoms with van der Waals surface area (Å²) in [5.74, 6) is -0.744. The number of aromatic nitrogens is 1. The lowest BCUT2D eigenvalue weighted by molar-refractivity contribution is 0.628. The van der Waals surface area contributed by atoms with Crippen LogP contribution >= 0.6 is 0 Å². The van der Waals surface area contributed by atoms with Crippen molar-refractivity contribution in [3.63, 3.8) is 0 Å². The Kier molecular flexibility index (Phi) is 5.73. The zero-order valence-electron chi connectivity index (χ0n) is 16.3. The van der Waals surface area contributed by atoms with E-state index in [9.17, 15) is 8.78 Å². The highest BCUT2D eigenvalue weighted by molar-refractivity contribution is 6.02. The van der Waals surface area contributed by atoms with E-state index in [0.29, 0.717) is 34.2 Å². The molecule has 0 aliphatic heterocycles. The first kappa shape index (κ1) is 19.5. The molecule has 0 unspecified atom stereocenters. The number of nitrogens with zero attached hydrogens (tertiary/aromatic N) is 3. The molecule has 0 aliphatic carbocycles. The molecular weight excluding hydrogens is 356 g/mol. The van der Waals surface area contributed by atoms with E-state index in [4.69, 9.17) is 0 Å². The highest BCUT2D eigenvalue weighted by Crippen LogP contribution is 2.24. The Balaban J connectivity index is 1.98. The molecule has 0 spiro atoms. The van der Waals surface area contributed by atoms with Gasteiger partial charge in [-0.3, -0.25) is 0 Å². The first-order chi connectivity index (χ1) is 13.4. The van der Waals surface area contributed by atoms with Gasteiger partial charge in [0, 0.05) is 0 Å². The van der Waals surface area contributed by atoms with Crippen molar-refractivity contribution in [2.75, 3.05) is 0 Å². The van der Waals surface area contributed by atoms with Crippen molar-refractivity contribution < 1.29 is 8.78 Å². The van der Waals surface area contributed by atoms with Crippen LogP contribution in [0.5, 0.6) is 0 Å². The monoisotopic (exact) mass is 377 g/mol.